The number of amides is 1. The minimum atomic E-state index is -0.387. The van der Waals surface area contributed by atoms with E-state index in [9.17, 15) is 4.79 Å². The molecule has 1 amide bonds. The fraction of sp³-hybridized carbons (Fsp3) is 0.611. The molecule has 2 heterocycles. The Hall–Kier alpha value is -1.43. The van der Waals surface area contributed by atoms with Crippen molar-refractivity contribution in [3.8, 4) is 0 Å². The van der Waals surface area contributed by atoms with E-state index in [1.54, 1.807) is 7.11 Å². The molecule has 0 saturated carbocycles. The smallest absolute Gasteiger partial charge is 0.230 e. The Morgan fingerprint density at radius 2 is 2.26 bits per heavy atom. The van der Waals surface area contributed by atoms with E-state index in [4.69, 9.17) is 4.74 Å². The molecule has 0 aliphatic carbocycles. The maximum absolute atomic E-state index is 12.7. The van der Waals surface area contributed by atoms with Gasteiger partial charge in [0.2, 0.25) is 5.91 Å². The minimum absolute atomic E-state index is 0.149. The number of ether oxygens (including phenoxy) is 1. The van der Waals surface area contributed by atoms with E-state index >= 15 is 0 Å². The highest BCUT2D eigenvalue weighted by Crippen LogP contribution is 2.27. The van der Waals surface area contributed by atoms with Crippen LogP contribution in [-0.2, 0) is 16.1 Å². The van der Waals surface area contributed by atoms with Gasteiger partial charge in [-0.15, -0.1) is 0 Å². The molecule has 0 aromatic heterocycles. The lowest BCUT2D eigenvalue weighted by Crippen LogP contribution is -2.49. The van der Waals surface area contributed by atoms with Gasteiger partial charge in [0.15, 0.2) is 0 Å². The van der Waals surface area contributed by atoms with Gasteiger partial charge in [0.1, 0.15) is 0 Å². The lowest BCUT2D eigenvalue weighted by molar-refractivity contribution is -0.133. The van der Waals surface area contributed by atoms with E-state index in [-0.39, 0.29) is 17.4 Å². The van der Waals surface area contributed by atoms with E-state index in [0.717, 1.165) is 39.0 Å². The first-order chi connectivity index (χ1) is 11.2. The molecule has 0 spiro atoms. The molecule has 2 aliphatic heterocycles. The molecule has 0 bridgehead atoms. The van der Waals surface area contributed by atoms with Crippen LogP contribution in [0.1, 0.15) is 18.4 Å². The number of hydrogen-bond donors (Lipinski definition) is 2. The van der Waals surface area contributed by atoms with Gasteiger partial charge in [-0.2, -0.15) is 0 Å². The van der Waals surface area contributed by atoms with Gasteiger partial charge in [0.25, 0.3) is 0 Å². The molecule has 2 atom stereocenters. The molecular weight excluding hydrogens is 290 g/mol. The first kappa shape index (κ1) is 16.4. The summed E-state index contributed by atoms with van der Waals surface area (Å²) in [4.78, 5) is 15.1. The molecule has 2 unspecified atom stereocenters. The number of nitrogens with one attached hydrogen (secondary N) is 2. The molecule has 1 aromatic rings. The van der Waals surface area contributed by atoms with Crippen molar-refractivity contribution in [2.75, 3.05) is 39.9 Å². The summed E-state index contributed by atoms with van der Waals surface area (Å²) in [5.74, 6) is 0.149. The van der Waals surface area contributed by atoms with Crippen LogP contribution in [0.5, 0.6) is 0 Å². The second kappa shape index (κ2) is 7.43. The molecule has 5 nitrogen and oxygen atoms in total. The molecule has 0 radical (unpaired) electrons. The Bertz CT molecular complexity index is 514. The number of likely N-dealkylation sites (tertiary alicyclic amines) is 1. The van der Waals surface area contributed by atoms with E-state index in [1.165, 1.54) is 5.56 Å². The van der Waals surface area contributed by atoms with Crippen LogP contribution >= 0.6 is 0 Å². The van der Waals surface area contributed by atoms with Gasteiger partial charge in [0.05, 0.1) is 12.0 Å². The number of nitrogens with zero attached hydrogens (tertiary/aromatic N) is 1. The Morgan fingerprint density at radius 3 is 2.96 bits per heavy atom. The van der Waals surface area contributed by atoms with E-state index < -0.39 is 0 Å². The fourth-order valence-electron chi connectivity index (χ4n) is 3.68. The van der Waals surface area contributed by atoms with Crippen LogP contribution < -0.4 is 10.6 Å². The van der Waals surface area contributed by atoms with Gasteiger partial charge in [-0.3, -0.25) is 9.69 Å². The lowest BCUT2D eigenvalue weighted by atomic mass is 9.86. The Balaban J connectivity index is 1.52. The highest BCUT2D eigenvalue weighted by molar-refractivity contribution is 5.83. The van der Waals surface area contributed by atoms with Crippen molar-refractivity contribution >= 4 is 5.91 Å². The summed E-state index contributed by atoms with van der Waals surface area (Å²) in [6, 6.07) is 10.8. The van der Waals surface area contributed by atoms with E-state index in [2.05, 4.69) is 39.8 Å². The lowest BCUT2D eigenvalue weighted by Gasteiger charge is -2.28. The molecule has 2 saturated heterocycles. The quantitative estimate of drug-likeness (QED) is 0.822. The Kier molecular flexibility index (Phi) is 5.30. The average molecular weight is 317 g/mol. The zero-order valence-corrected chi connectivity index (χ0v) is 13.9. The second-order valence-electron chi connectivity index (χ2n) is 6.82. The first-order valence-corrected chi connectivity index (χ1v) is 8.49. The van der Waals surface area contributed by atoms with Gasteiger partial charge < -0.3 is 15.4 Å². The van der Waals surface area contributed by atoms with Crippen molar-refractivity contribution in [1.82, 2.24) is 15.5 Å². The summed E-state index contributed by atoms with van der Waals surface area (Å²) in [6.45, 7) is 5.02. The zero-order chi connectivity index (χ0) is 16.1. The fourth-order valence-corrected chi connectivity index (χ4v) is 3.68. The average Bonchev–Trinajstić information content (AvgIpc) is 3.19. The molecule has 126 valence electrons. The van der Waals surface area contributed by atoms with E-state index in [1.807, 2.05) is 6.07 Å². The number of carbonyl (C=O) groups excluding carboxylic acids is 1. The van der Waals surface area contributed by atoms with Crippen LogP contribution in [0.2, 0.25) is 0 Å². The predicted octanol–water partition coefficient (Wildman–Crippen LogP) is 1.00. The van der Waals surface area contributed by atoms with E-state index in [0.29, 0.717) is 13.2 Å². The summed E-state index contributed by atoms with van der Waals surface area (Å²) in [6.07, 6.45) is 1.88. The normalized spacial score (nSPS) is 28.1. The van der Waals surface area contributed by atoms with Crippen molar-refractivity contribution in [2.24, 2.45) is 5.41 Å². The third-order valence-corrected chi connectivity index (χ3v) is 5.00. The van der Waals surface area contributed by atoms with Gasteiger partial charge in [-0.05, 0) is 24.9 Å². The third kappa shape index (κ3) is 3.91. The Morgan fingerprint density at radius 1 is 1.43 bits per heavy atom. The third-order valence-electron chi connectivity index (χ3n) is 5.00. The zero-order valence-electron chi connectivity index (χ0n) is 13.9. The number of hydrogen-bond acceptors (Lipinski definition) is 4. The topological polar surface area (TPSA) is 53.6 Å². The molecule has 23 heavy (non-hydrogen) atoms. The standard InChI is InChI=1S/C18H27N3O2/c1-23-14-18(8-9-19-13-18)17(22)20-16-7-10-21(12-16)11-15-5-3-2-4-6-15/h2-6,16,19H,7-14H2,1H3,(H,20,22). The summed E-state index contributed by atoms with van der Waals surface area (Å²) in [5.41, 5.74) is 0.942. The number of methoxy groups -OCH3 is 1. The highest BCUT2D eigenvalue weighted by Gasteiger charge is 2.42. The van der Waals surface area contributed by atoms with Crippen LogP contribution in [0.3, 0.4) is 0 Å². The molecule has 3 rings (SSSR count). The van der Waals surface area contributed by atoms with Crippen molar-refractivity contribution < 1.29 is 9.53 Å². The summed E-state index contributed by atoms with van der Waals surface area (Å²) < 4.78 is 5.30. The van der Waals surface area contributed by atoms with Crippen molar-refractivity contribution in [3.05, 3.63) is 35.9 Å². The van der Waals surface area contributed by atoms with Crippen molar-refractivity contribution in [2.45, 2.75) is 25.4 Å². The maximum atomic E-state index is 12.7. The molecule has 2 fully saturated rings. The molecule has 2 N–H and O–H groups in total. The summed E-state index contributed by atoms with van der Waals surface area (Å²) in [5, 5.41) is 6.56. The number of benzene rings is 1. The molecule has 5 heteroatoms. The van der Waals surface area contributed by atoms with Crippen LogP contribution in [0.15, 0.2) is 30.3 Å². The van der Waals surface area contributed by atoms with Gasteiger partial charge in [-0.1, -0.05) is 30.3 Å². The van der Waals surface area contributed by atoms with Crippen LogP contribution in [0.25, 0.3) is 0 Å². The highest BCUT2D eigenvalue weighted by atomic mass is 16.5. The predicted molar refractivity (Wildman–Crippen MR) is 90.1 cm³/mol. The number of rotatable bonds is 6. The largest absolute Gasteiger partial charge is 0.384 e. The Labute approximate surface area is 138 Å². The summed E-state index contributed by atoms with van der Waals surface area (Å²) in [7, 11) is 1.67. The van der Waals surface area contributed by atoms with Gasteiger partial charge in [0, 0.05) is 39.3 Å². The van der Waals surface area contributed by atoms with Gasteiger partial charge in [-0.25, -0.2) is 0 Å². The molecular formula is C18H27N3O2. The molecule has 2 aliphatic rings. The van der Waals surface area contributed by atoms with Crippen LogP contribution in [-0.4, -0.2) is 56.7 Å². The van der Waals surface area contributed by atoms with Crippen molar-refractivity contribution in [1.29, 1.82) is 0 Å². The molecule has 1 aromatic carbocycles. The van der Waals surface area contributed by atoms with Crippen molar-refractivity contribution in [3.63, 3.8) is 0 Å². The first-order valence-electron chi connectivity index (χ1n) is 8.49. The summed E-state index contributed by atoms with van der Waals surface area (Å²) >= 11 is 0. The van der Waals surface area contributed by atoms with Gasteiger partial charge >= 0.3 is 0 Å². The number of carbonyl (C=O) groups is 1. The van der Waals surface area contributed by atoms with Crippen LogP contribution in [0.4, 0.5) is 0 Å². The SMILES string of the molecule is COCC1(C(=O)NC2CCN(Cc3ccccc3)C2)CCNC1. The monoisotopic (exact) mass is 317 g/mol. The minimum Gasteiger partial charge on any atom is -0.384 e. The van der Waals surface area contributed by atoms with Crippen LogP contribution in [0, 0.1) is 5.41 Å². The maximum Gasteiger partial charge on any atom is 0.230 e. The second-order valence-corrected chi connectivity index (χ2v) is 6.82.